The first-order valence-electron chi connectivity index (χ1n) is 5.61. The molecule has 1 aliphatic carbocycles. The molecule has 2 aliphatic rings. The second-order valence-electron chi connectivity index (χ2n) is 5.28. The lowest BCUT2D eigenvalue weighted by Gasteiger charge is -2.11. The van der Waals surface area contributed by atoms with Gasteiger partial charge >= 0.3 is 0 Å². The van der Waals surface area contributed by atoms with E-state index >= 15 is 0 Å². The summed E-state index contributed by atoms with van der Waals surface area (Å²) in [7, 11) is 0. The zero-order chi connectivity index (χ0) is 10.2. The molecule has 1 saturated heterocycles. The largest absolute Gasteiger partial charge is 0.354 e. The van der Waals surface area contributed by atoms with Gasteiger partial charge in [0.15, 0.2) is 0 Å². The number of hydrogen-bond donors (Lipinski definition) is 2. The molecule has 3 heteroatoms. The summed E-state index contributed by atoms with van der Waals surface area (Å²) in [5.74, 6) is 0.901. The third-order valence-electron chi connectivity index (χ3n) is 3.62. The Morgan fingerprint density at radius 1 is 1.57 bits per heavy atom. The smallest absolute Gasteiger partial charge is 0.237 e. The fourth-order valence-corrected chi connectivity index (χ4v) is 2.18. The van der Waals surface area contributed by atoms with Crippen LogP contribution in [0, 0.1) is 11.3 Å². The van der Waals surface area contributed by atoms with Crippen molar-refractivity contribution in [1.29, 1.82) is 0 Å². The van der Waals surface area contributed by atoms with Crippen molar-refractivity contribution in [2.45, 2.75) is 39.2 Å². The lowest BCUT2D eigenvalue weighted by Crippen LogP contribution is -2.41. The summed E-state index contributed by atoms with van der Waals surface area (Å²) < 4.78 is 0. The van der Waals surface area contributed by atoms with E-state index in [2.05, 4.69) is 24.5 Å². The van der Waals surface area contributed by atoms with Crippen LogP contribution in [0.1, 0.15) is 33.1 Å². The number of rotatable bonds is 3. The number of nitrogens with one attached hydrogen (secondary N) is 2. The molecule has 0 bridgehead atoms. The molecule has 2 fully saturated rings. The maximum Gasteiger partial charge on any atom is 0.237 e. The Hall–Kier alpha value is -0.570. The molecule has 0 aromatic rings. The van der Waals surface area contributed by atoms with Gasteiger partial charge in [-0.3, -0.25) is 4.79 Å². The third-order valence-corrected chi connectivity index (χ3v) is 3.62. The highest BCUT2D eigenvalue weighted by molar-refractivity contribution is 5.82. The Balaban J connectivity index is 1.68. The van der Waals surface area contributed by atoms with Crippen LogP contribution in [-0.2, 0) is 4.79 Å². The van der Waals surface area contributed by atoms with Gasteiger partial charge in [-0.05, 0) is 37.1 Å². The minimum absolute atomic E-state index is 0.0804. The van der Waals surface area contributed by atoms with E-state index in [1.54, 1.807) is 0 Å². The molecule has 1 saturated carbocycles. The summed E-state index contributed by atoms with van der Waals surface area (Å²) in [5.41, 5.74) is 0.469. The van der Waals surface area contributed by atoms with E-state index in [0.717, 1.165) is 25.9 Å². The Bertz CT molecular complexity index is 231. The third kappa shape index (κ3) is 2.08. The van der Waals surface area contributed by atoms with Gasteiger partial charge in [-0.25, -0.2) is 0 Å². The Labute approximate surface area is 85.6 Å². The minimum Gasteiger partial charge on any atom is -0.354 e. The first-order chi connectivity index (χ1) is 6.59. The molecule has 2 N–H and O–H groups in total. The van der Waals surface area contributed by atoms with Crippen LogP contribution in [0.3, 0.4) is 0 Å². The van der Waals surface area contributed by atoms with E-state index in [1.807, 2.05) is 0 Å². The molecule has 14 heavy (non-hydrogen) atoms. The molecule has 2 rings (SSSR count). The fraction of sp³-hybridized carbons (Fsp3) is 0.909. The lowest BCUT2D eigenvalue weighted by molar-refractivity contribution is -0.122. The number of amides is 1. The van der Waals surface area contributed by atoms with Gasteiger partial charge in [0.2, 0.25) is 5.91 Å². The van der Waals surface area contributed by atoms with Gasteiger partial charge in [0, 0.05) is 6.54 Å². The van der Waals surface area contributed by atoms with Gasteiger partial charge in [-0.1, -0.05) is 13.8 Å². The highest BCUT2D eigenvalue weighted by atomic mass is 16.2. The van der Waals surface area contributed by atoms with Gasteiger partial charge in [0.25, 0.3) is 0 Å². The first kappa shape index (κ1) is 9.97. The summed E-state index contributed by atoms with van der Waals surface area (Å²) >= 11 is 0. The van der Waals surface area contributed by atoms with Gasteiger partial charge in [0.1, 0.15) is 0 Å². The predicted molar refractivity (Wildman–Crippen MR) is 55.9 cm³/mol. The predicted octanol–water partition coefficient (Wildman–Crippen LogP) is 0.901. The lowest BCUT2D eigenvalue weighted by atomic mass is 10.1. The van der Waals surface area contributed by atoms with Crippen LogP contribution in [0.4, 0.5) is 0 Å². The summed E-state index contributed by atoms with van der Waals surface area (Å²) in [4.78, 5) is 11.6. The van der Waals surface area contributed by atoms with E-state index in [1.165, 1.54) is 6.42 Å². The average Bonchev–Trinajstić information content (AvgIpc) is 2.58. The zero-order valence-corrected chi connectivity index (χ0v) is 9.10. The van der Waals surface area contributed by atoms with Crippen molar-refractivity contribution in [3.05, 3.63) is 0 Å². The van der Waals surface area contributed by atoms with Crippen LogP contribution in [0.2, 0.25) is 0 Å². The van der Waals surface area contributed by atoms with Crippen LogP contribution in [0.15, 0.2) is 0 Å². The molecular weight excluding hydrogens is 176 g/mol. The summed E-state index contributed by atoms with van der Waals surface area (Å²) in [5, 5.41) is 6.25. The number of hydrogen-bond acceptors (Lipinski definition) is 2. The van der Waals surface area contributed by atoms with Gasteiger partial charge in [0.05, 0.1) is 6.04 Å². The molecule has 2 atom stereocenters. The van der Waals surface area contributed by atoms with Crippen molar-refractivity contribution in [3.63, 3.8) is 0 Å². The molecule has 1 unspecified atom stereocenters. The normalized spacial score (nSPS) is 34.1. The average molecular weight is 196 g/mol. The molecule has 0 aromatic heterocycles. The van der Waals surface area contributed by atoms with Crippen LogP contribution in [0.5, 0.6) is 0 Å². The van der Waals surface area contributed by atoms with Crippen molar-refractivity contribution in [2.24, 2.45) is 11.3 Å². The molecule has 0 aromatic carbocycles. The summed E-state index contributed by atoms with van der Waals surface area (Å²) in [6.07, 6.45) is 3.39. The van der Waals surface area contributed by atoms with E-state index < -0.39 is 0 Å². The van der Waals surface area contributed by atoms with E-state index in [0.29, 0.717) is 11.3 Å². The van der Waals surface area contributed by atoms with Crippen LogP contribution < -0.4 is 10.6 Å². The van der Waals surface area contributed by atoms with Gasteiger partial charge in [-0.15, -0.1) is 0 Å². The second kappa shape index (κ2) is 3.54. The quantitative estimate of drug-likeness (QED) is 0.704. The molecule has 80 valence electrons. The SMILES string of the molecule is CC1(C)CC1CNC(=O)[C@H]1CCCN1. The molecule has 0 radical (unpaired) electrons. The Morgan fingerprint density at radius 3 is 2.79 bits per heavy atom. The van der Waals surface area contributed by atoms with Crippen LogP contribution >= 0.6 is 0 Å². The highest BCUT2D eigenvalue weighted by Crippen LogP contribution is 2.50. The minimum atomic E-state index is 0.0804. The standard InChI is InChI=1S/C11H20N2O/c1-11(2)6-8(11)7-13-10(14)9-4-3-5-12-9/h8-9,12H,3-7H2,1-2H3,(H,13,14)/t8?,9-/m1/s1. The number of carbonyl (C=O) groups excluding carboxylic acids is 1. The monoisotopic (exact) mass is 196 g/mol. The first-order valence-corrected chi connectivity index (χ1v) is 5.61. The van der Waals surface area contributed by atoms with Crippen LogP contribution in [0.25, 0.3) is 0 Å². The van der Waals surface area contributed by atoms with Crippen molar-refractivity contribution in [3.8, 4) is 0 Å². The number of carbonyl (C=O) groups is 1. The summed E-state index contributed by atoms with van der Waals surface area (Å²) in [6.45, 7) is 6.38. The molecule has 0 spiro atoms. The van der Waals surface area contributed by atoms with Crippen molar-refractivity contribution < 1.29 is 4.79 Å². The zero-order valence-electron chi connectivity index (χ0n) is 9.10. The van der Waals surface area contributed by atoms with Crippen LogP contribution in [-0.4, -0.2) is 25.0 Å². The Morgan fingerprint density at radius 2 is 2.29 bits per heavy atom. The van der Waals surface area contributed by atoms with Crippen molar-refractivity contribution in [1.82, 2.24) is 10.6 Å². The topological polar surface area (TPSA) is 41.1 Å². The molecule has 1 heterocycles. The van der Waals surface area contributed by atoms with Crippen molar-refractivity contribution in [2.75, 3.05) is 13.1 Å². The van der Waals surface area contributed by atoms with E-state index in [4.69, 9.17) is 0 Å². The summed E-state index contributed by atoms with van der Waals surface area (Å²) in [6, 6.07) is 0.0804. The van der Waals surface area contributed by atoms with E-state index in [-0.39, 0.29) is 11.9 Å². The van der Waals surface area contributed by atoms with E-state index in [9.17, 15) is 4.79 Å². The maximum absolute atomic E-state index is 11.6. The fourth-order valence-electron chi connectivity index (χ4n) is 2.18. The van der Waals surface area contributed by atoms with Gasteiger partial charge in [-0.2, -0.15) is 0 Å². The Kier molecular flexibility index (Phi) is 2.52. The maximum atomic E-state index is 11.6. The van der Waals surface area contributed by atoms with Crippen molar-refractivity contribution >= 4 is 5.91 Å². The second-order valence-corrected chi connectivity index (χ2v) is 5.28. The van der Waals surface area contributed by atoms with Gasteiger partial charge < -0.3 is 10.6 Å². The highest BCUT2D eigenvalue weighted by Gasteiger charge is 2.45. The molecular formula is C11H20N2O. The molecule has 3 nitrogen and oxygen atoms in total. The molecule has 1 amide bonds. The molecule has 1 aliphatic heterocycles.